The summed E-state index contributed by atoms with van der Waals surface area (Å²) in [5, 5.41) is 11.7. The van der Waals surface area contributed by atoms with E-state index in [0.717, 1.165) is 33.5 Å². The summed E-state index contributed by atoms with van der Waals surface area (Å²) in [6, 6.07) is 11.3. The molecule has 27 heavy (non-hydrogen) atoms. The van der Waals surface area contributed by atoms with Crippen LogP contribution >= 0.6 is 35.0 Å². The Kier molecular flexibility index (Phi) is 5.50. The van der Waals surface area contributed by atoms with Crippen LogP contribution in [0, 0.1) is 0 Å². The van der Waals surface area contributed by atoms with Gasteiger partial charge >= 0.3 is 0 Å². The minimum absolute atomic E-state index is 0.0835. The minimum Gasteiger partial charge on any atom is -0.454 e. The van der Waals surface area contributed by atoms with Crippen LogP contribution in [0.1, 0.15) is 16.8 Å². The molecule has 1 aliphatic rings. The largest absolute Gasteiger partial charge is 0.454 e. The summed E-state index contributed by atoms with van der Waals surface area (Å²) in [7, 11) is 0. The summed E-state index contributed by atoms with van der Waals surface area (Å²) >= 11 is 13.8. The van der Waals surface area contributed by atoms with Crippen molar-refractivity contribution >= 4 is 35.0 Å². The summed E-state index contributed by atoms with van der Waals surface area (Å²) < 4.78 is 12.8. The van der Waals surface area contributed by atoms with Gasteiger partial charge in [-0.1, -0.05) is 47.1 Å². The Hall–Kier alpha value is -1.86. The van der Waals surface area contributed by atoms with E-state index in [-0.39, 0.29) is 13.4 Å². The van der Waals surface area contributed by atoms with Crippen LogP contribution in [-0.2, 0) is 18.9 Å². The molecule has 0 bridgehead atoms. The molecular formula is C19H16Cl2N2O3S. The normalized spacial score (nSPS) is 12.6. The van der Waals surface area contributed by atoms with Crippen molar-refractivity contribution in [2.45, 2.75) is 24.1 Å². The van der Waals surface area contributed by atoms with Gasteiger partial charge in [0.25, 0.3) is 0 Å². The van der Waals surface area contributed by atoms with E-state index in [4.69, 9.17) is 32.7 Å². The van der Waals surface area contributed by atoms with Crippen molar-refractivity contribution in [1.82, 2.24) is 9.55 Å². The van der Waals surface area contributed by atoms with Crippen LogP contribution in [0.4, 0.5) is 0 Å². The first-order chi connectivity index (χ1) is 13.1. The summed E-state index contributed by atoms with van der Waals surface area (Å²) in [6.07, 6.45) is 1.69. The molecule has 1 aliphatic heterocycles. The molecular weight excluding hydrogens is 407 g/mol. The van der Waals surface area contributed by atoms with Gasteiger partial charge in [-0.05, 0) is 35.4 Å². The molecule has 0 saturated heterocycles. The van der Waals surface area contributed by atoms with Crippen LogP contribution in [0.25, 0.3) is 0 Å². The third-order valence-corrected chi connectivity index (χ3v) is 5.84. The monoisotopic (exact) mass is 422 g/mol. The average Bonchev–Trinajstić information content (AvgIpc) is 3.27. The number of nitrogens with zero attached hydrogens (tertiary/aromatic N) is 2. The summed E-state index contributed by atoms with van der Waals surface area (Å²) in [4.78, 5) is 4.46. The summed E-state index contributed by atoms with van der Waals surface area (Å²) in [5.41, 5.74) is 2.77. The van der Waals surface area contributed by atoms with Gasteiger partial charge in [0.05, 0.1) is 25.0 Å². The second-order valence-electron chi connectivity index (χ2n) is 5.99. The lowest BCUT2D eigenvalue weighted by Gasteiger charge is -2.12. The molecule has 0 aliphatic carbocycles. The zero-order valence-corrected chi connectivity index (χ0v) is 16.5. The van der Waals surface area contributed by atoms with Gasteiger partial charge in [-0.15, -0.1) is 0 Å². The Morgan fingerprint density at radius 3 is 2.78 bits per heavy atom. The summed E-state index contributed by atoms with van der Waals surface area (Å²) in [6.45, 7) is 0.734. The van der Waals surface area contributed by atoms with Gasteiger partial charge < -0.3 is 19.1 Å². The Morgan fingerprint density at radius 1 is 1.11 bits per heavy atom. The number of halogens is 2. The number of rotatable bonds is 6. The van der Waals surface area contributed by atoms with Crippen molar-refractivity contribution < 1.29 is 14.6 Å². The molecule has 0 fully saturated rings. The molecule has 0 unspecified atom stereocenters. The van der Waals surface area contributed by atoms with Gasteiger partial charge in [0, 0.05) is 15.8 Å². The second-order valence-corrected chi connectivity index (χ2v) is 7.77. The van der Waals surface area contributed by atoms with Gasteiger partial charge in [0.15, 0.2) is 16.7 Å². The SMILES string of the molecule is OCc1cnc(SCc2ccc(Cl)cc2Cl)n1Cc1ccc2c(c1)OCO2. The Bertz CT molecular complexity index is 978. The highest BCUT2D eigenvalue weighted by Gasteiger charge is 2.16. The van der Waals surface area contributed by atoms with Crippen molar-refractivity contribution in [3.8, 4) is 11.5 Å². The quantitative estimate of drug-likeness (QED) is 0.580. The lowest BCUT2D eigenvalue weighted by molar-refractivity contribution is 0.174. The highest BCUT2D eigenvalue weighted by molar-refractivity contribution is 7.98. The predicted molar refractivity (Wildman–Crippen MR) is 106 cm³/mol. The van der Waals surface area contributed by atoms with Crippen molar-refractivity contribution in [2.75, 3.05) is 6.79 Å². The molecule has 4 rings (SSSR count). The van der Waals surface area contributed by atoms with Crippen LogP contribution in [0.3, 0.4) is 0 Å². The number of hydrogen-bond donors (Lipinski definition) is 1. The highest BCUT2D eigenvalue weighted by Crippen LogP contribution is 2.34. The molecule has 1 aromatic heterocycles. The van der Waals surface area contributed by atoms with Crippen molar-refractivity contribution in [2.24, 2.45) is 0 Å². The molecule has 0 saturated carbocycles. The van der Waals surface area contributed by atoms with Crippen LogP contribution < -0.4 is 9.47 Å². The number of aliphatic hydroxyl groups excluding tert-OH is 1. The van der Waals surface area contributed by atoms with E-state index in [1.54, 1.807) is 24.0 Å². The number of imidazole rings is 1. The van der Waals surface area contributed by atoms with E-state index in [1.807, 2.05) is 34.9 Å². The zero-order chi connectivity index (χ0) is 18.8. The number of benzene rings is 2. The molecule has 2 heterocycles. The van der Waals surface area contributed by atoms with E-state index in [0.29, 0.717) is 22.3 Å². The zero-order valence-electron chi connectivity index (χ0n) is 14.2. The first-order valence-corrected chi connectivity index (χ1v) is 9.98. The molecule has 0 atom stereocenters. The maximum absolute atomic E-state index is 9.67. The first kappa shape index (κ1) is 18.5. The van der Waals surface area contributed by atoms with Gasteiger partial charge in [-0.2, -0.15) is 0 Å². The highest BCUT2D eigenvalue weighted by atomic mass is 35.5. The van der Waals surface area contributed by atoms with Crippen LogP contribution in [0.2, 0.25) is 10.0 Å². The van der Waals surface area contributed by atoms with E-state index in [9.17, 15) is 5.11 Å². The van der Waals surface area contributed by atoms with Gasteiger partial charge in [0.1, 0.15) is 0 Å². The number of thioether (sulfide) groups is 1. The molecule has 3 aromatic rings. The van der Waals surface area contributed by atoms with Gasteiger partial charge in [-0.3, -0.25) is 0 Å². The van der Waals surface area contributed by atoms with E-state index >= 15 is 0 Å². The molecule has 8 heteroatoms. The maximum Gasteiger partial charge on any atom is 0.231 e. The van der Waals surface area contributed by atoms with Crippen LogP contribution in [0.15, 0.2) is 47.8 Å². The van der Waals surface area contributed by atoms with Gasteiger partial charge in [0.2, 0.25) is 6.79 Å². The minimum atomic E-state index is -0.0835. The third-order valence-electron chi connectivity index (χ3n) is 4.21. The topological polar surface area (TPSA) is 56.5 Å². The molecule has 2 aromatic carbocycles. The molecule has 0 amide bonds. The summed E-state index contributed by atoms with van der Waals surface area (Å²) in [5.74, 6) is 2.14. The van der Waals surface area contributed by atoms with E-state index in [2.05, 4.69) is 4.98 Å². The van der Waals surface area contributed by atoms with E-state index in [1.165, 1.54) is 0 Å². The fraction of sp³-hybridized carbons (Fsp3) is 0.211. The van der Waals surface area contributed by atoms with Crippen LogP contribution in [0.5, 0.6) is 11.5 Å². The lowest BCUT2D eigenvalue weighted by Crippen LogP contribution is -2.06. The standard InChI is InChI=1S/C19H16Cl2N2O3S/c20-14-3-2-13(16(21)6-14)10-27-19-22-7-15(9-24)23(19)8-12-1-4-17-18(5-12)26-11-25-17/h1-7,24H,8-11H2. The lowest BCUT2D eigenvalue weighted by atomic mass is 10.2. The molecule has 5 nitrogen and oxygen atoms in total. The molecule has 0 radical (unpaired) electrons. The van der Waals surface area contributed by atoms with Gasteiger partial charge in [-0.25, -0.2) is 4.98 Å². The second kappa shape index (κ2) is 8.02. The van der Waals surface area contributed by atoms with Crippen molar-refractivity contribution in [1.29, 1.82) is 0 Å². The number of fused-ring (bicyclic) bond motifs is 1. The average molecular weight is 423 g/mol. The maximum atomic E-state index is 9.67. The van der Waals surface area contributed by atoms with E-state index < -0.39 is 0 Å². The number of ether oxygens (including phenoxy) is 2. The smallest absolute Gasteiger partial charge is 0.231 e. The fourth-order valence-corrected chi connectivity index (χ4v) is 4.36. The number of aliphatic hydroxyl groups is 1. The number of aromatic nitrogens is 2. The molecule has 140 valence electrons. The first-order valence-electron chi connectivity index (χ1n) is 8.24. The molecule has 0 spiro atoms. The Balaban J connectivity index is 1.55. The predicted octanol–water partition coefficient (Wildman–Crippen LogP) is 4.75. The Labute approximate surface area is 170 Å². The number of hydrogen-bond acceptors (Lipinski definition) is 5. The molecule has 1 N–H and O–H groups in total. The van der Waals surface area contributed by atoms with Crippen molar-refractivity contribution in [3.63, 3.8) is 0 Å². The third kappa shape index (κ3) is 4.04. The van der Waals surface area contributed by atoms with Crippen LogP contribution in [-0.4, -0.2) is 21.5 Å². The van der Waals surface area contributed by atoms with Crippen molar-refractivity contribution in [3.05, 3.63) is 69.5 Å². The Morgan fingerprint density at radius 2 is 1.96 bits per heavy atom. The fourth-order valence-electron chi connectivity index (χ4n) is 2.81.